The maximum absolute atomic E-state index is 12.7. The van der Waals surface area contributed by atoms with Crippen LogP contribution in [0, 0.1) is 0 Å². The SMILES string of the molecule is COc1cc2c(c(OC)c1OC)-c1ccc(N(C)C)c(=O)cc1[C@@H](N)CC2. The number of aryl methyl sites for hydroxylation is 1. The minimum atomic E-state index is -0.246. The second kappa shape index (κ2) is 7.48. The summed E-state index contributed by atoms with van der Waals surface area (Å²) in [5, 5.41) is 0. The molecule has 0 saturated heterocycles. The molecule has 0 aliphatic heterocycles. The van der Waals surface area contributed by atoms with E-state index < -0.39 is 0 Å². The first-order chi connectivity index (χ1) is 12.9. The fraction of sp³-hybridized carbons (Fsp3) is 0.381. The van der Waals surface area contributed by atoms with E-state index in [4.69, 9.17) is 19.9 Å². The largest absolute Gasteiger partial charge is 0.493 e. The molecule has 1 aliphatic rings. The zero-order valence-corrected chi connectivity index (χ0v) is 16.5. The van der Waals surface area contributed by atoms with Crippen LogP contribution < -0.4 is 30.3 Å². The smallest absolute Gasteiger partial charge is 0.203 e. The molecule has 0 unspecified atom stereocenters. The molecule has 6 nitrogen and oxygen atoms in total. The first-order valence-electron chi connectivity index (χ1n) is 8.86. The average Bonchev–Trinajstić information content (AvgIpc) is 2.89. The number of benzene rings is 1. The lowest BCUT2D eigenvalue weighted by Crippen LogP contribution is -2.17. The van der Waals surface area contributed by atoms with Gasteiger partial charge in [-0.1, -0.05) is 6.07 Å². The van der Waals surface area contributed by atoms with E-state index >= 15 is 0 Å². The molecule has 0 spiro atoms. The molecule has 144 valence electrons. The van der Waals surface area contributed by atoms with Crippen molar-refractivity contribution in [3.8, 4) is 28.4 Å². The molecule has 1 aliphatic carbocycles. The minimum absolute atomic E-state index is 0.0559. The van der Waals surface area contributed by atoms with Crippen LogP contribution in [0.5, 0.6) is 17.2 Å². The highest BCUT2D eigenvalue weighted by Crippen LogP contribution is 2.49. The van der Waals surface area contributed by atoms with E-state index in [1.807, 2.05) is 32.3 Å². The van der Waals surface area contributed by atoms with Crippen LogP contribution in [0.1, 0.15) is 23.6 Å². The van der Waals surface area contributed by atoms with Gasteiger partial charge in [-0.15, -0.1) is 0 Å². The summed E-state index contributed by atoms with van der Waals surface area (Å²) in [4.78, 5) is 14.5. The first kappa shape index (κ1) is 19.0. The number of fused-ring (bicyclic) bond motifs is 3. The lowest BCUT2D eigenvalue weighted by atomic mass is 9.95. The standard InChI is InChI=1S/C21H26N2O4/c1-23(2)16-9-7-13-14(11-17(16)24)15(22)8-6-12-10-18(25-3)20(26-4)21(27-5)19(12)13/h7,9-11,15H,6,8,22H2,1-5H3/t15-/m0/s1. The van der Waals surface area contributed by atoms with Gasteiger partial charge in [-0.25, -0.2) is 0 Å². The lowest BCUT2D eigenvalue weighted by Gasteiger charge is -2.19. The van der Waals surface area contributed by atoms with Gasteiger partial charge in [0.15, 0.2) is 11.5 Å². The summed E-state index contributed by atoms with van der Waals surface area (Å²) >= 11 is 0. The van der Waals surface area contributed by atoms with E-state index in [0.717, 1.165) is 35.1 Å². The van der Waals surface area contributed by atoms with Crippen molar-refractivity contribution in [2.24, 2.45) is 5.73 Å². The molecule has 2 aromatic carbocycles. The summed E-state index contributed by atoms with van der Waals surface area (Å²) in [6.07, 6.45) is 1.47. The Morgan fingerprint density at radius 1 is 1.04 bits per heavy atom. The predicted molar refractivity (Wildman–Crippen MR) is 107 cm³/mol. The molecular weight excluding hydrogens is 344 g/mol. The van der Waals surface area contributed by atoms with E-state index in [1.165, 1.54) is 0 Å². The first-order valence-corrected chi connectivity index (χ1v) is 8.86. The van der Waals surface area contributed by atoms with Gasteiger partial charge in [0.1, 0.15) is 0 Å². The van der Waals surface area contributed by atoms with Gasteiger partial charge in [0.2, 0.25) is 11.2 Å². The summed E-state index contributed by atoms with van der Waals surface area (Å²) in [6, 6.07) is 7.16. The molecule has 0 fully saturated rings. The highest BCUT2D eigenvalue weighted by atomic mass is 16.5. The molecule has 2 N–H and O–H groups in total. The summed E-state index contributed by atoms with van der Waals surface area (Å²) in [6.45, 7) is 0. The quantitative estimate of drug-likeness (QED) is 0.892. The molecule has 0 aromatic heterocycles. The molecule has 0 heterocycles. The molecule has 1 atom stereocenters. The van der Waals surface area contributed by atoms with Crippen molar-refractivity contribution >= 4 is 5.69 Å². The summed E-state index contributed by atoms with van der Waals surface area (Å²) in [5.74, 6) is 1.73. The number of nitrogens with zero attached hydrogens (tertiary/aromatic N) is 1. The Kier molecular flexibility index (Phi) is 5.28. The topological polar surface area (TPSA) is 74.0 Å². The number of hydrogen-bond donors (Lipinski definition) is 1. The third-order valence-corrected chi connectivity index (χ3v) is 5.04. The molecule has 0 radical (unpaired) electrons. The number of ether oxygens (including phenoxy) is 3. The van der Waals surface area contributed by atoms with Crippen molar-refractivity contribution in [3.05, 3.63) is 45.6 Å². The third-order valence-electron chi connectivity index (χ3n) is 5.04. The van der Waals surface area contributed by atoms with E-state index in [-0.39, 0.29) is 11.5 Å². The van der Waals surface area contributed by atoms with E-state index in [0.29, 0.717) is 22.9 Å². The van der Waals surface area contributed by atoms with Crippen LogP contribution in [0.15, 0.2) is 29.1 Å². The van der Waals surface area contributed by atoms with Crippen molar-refractivity contribution in [2.45, 2.75) is 18.9 Å². The van der Waals surface area contributed by atoms with Gasteiger partial charge in [0.25, 0.3) is 0 Å². The summed E-state index contributed by atoms with van der Waals surface area (Å²) in [5.41, 5.74) is 10.7. The van der Waals surface area contributed by atoms with Gasteiger partial charge in [-0.05, 0) is 47.7 Å². The van der Waals surface area contributed by atoms with Crippen LogP contribution >= 0.6 is 0 Å². The van der Waals surface area contributed by atoms with Gasteiger partial charge in [0, 0.05) is 25.7 Å². The Morgan fingerprint density at radius 2 is 1.74 bits per heavy atom. The van der Waals surface area contributed by atoms with Crippen LogP contribution in [0.3, 0.4) is 0 Å². The molecule has 6 heteroatoms. The van der Waals surface area contributed by atoms with Crippen LogP contribution in [0.25, 0.3) is 11.1 Å². The fourth-order valence-corrected chi connectivity index (χ4v) is 3.70. The molecule has 27 heavy (non-hydrogen) atoms. The molecule has 2 aromatic rings. The molecule has 0 bridgehead atoms. The molecule has 3 rings (SSSR count). The lowest BCUT2D eigenvalue weighted by molar-refractivity contribution is 0.324. The Labute approximate surface area is 159 Å². The van der Waals surface area contributed by atoms with Crippen molar-refractivity contribution in [1.29, 1.82) is 0 Å². The van der Waals surface area contributed by atoms with E-state index in [1.54, 1.807) is 32.3 Å². The zero-order valence-electron chi connectivity index (χ0n) is 16.5. The fourth-order valence-electron chi connectivity index (χ4n) is 3.70. The Bertz CT molecular complexity index is 925. The molecule has 0 saturated carbocycles. The number of rotatable bonds is 4. The number of nitrogens with two attached hydrogens (primary N) is 1. The highest BCUT2D eigenvalue weighted by Gasteiger charge is 2.27. The van der Waals surface area contributed by atoms with Crippen LogP contribution in [0.4, 0.5) is 5.69 Å². The van der Waals surface area contributed by atoms with Crippen molar-refractivity contribution in [2.75, 3.05) is 40.3 Å². The Morgan fingerprint density at radius 3 is 2.33 bits per heavy atom. The average molecular weight is 370 g/mol. The van der Waals surface area contributed by atoms with E-state index in [2.05, 4.69) is 0 Å². The molecular formula is C21H26N2O4. The monoisotopic (exact) mass is 370 g/mol. The number of hydrogen-bond acceptors (Lipinski definition) is 6. The summed E-state index contributed by atoms with van der Waals surface area (Å²) < 4.78 is 16.8. The van der Waals surface area contributed by atoms with Crippen molar-refractivity contribution < 1.29 is 14.2 Å². The number of methoxy groups -OCH3 is 3. The van der Waals surface area contributed by atoms with Gasteiger partial charge < -0.3 is 24.8 Å². The molecule has 0 amide bonds. The van der Waals surface area contributed by atoms with Crippen LogP contribution in [-0.2, 0) is 6.42 Å². The van der Waals surface area contributed by atoms with Gasteiger partial charge in [0.05, 0.1) is 27.0 Å². The van der Waals surface area contributed by atoms with Gasteiger partial charge in [-0.2, -0.15) is 0 Å². The van der Waals surface area contributed by atoms with E-state index in [9.17, 15) is 4.79 Å². The van der Waals surface area contributed by atoms with Crippen molar-refractivity contribution in [3.63, 3.8) is 0 Å². The maximum atomic E-state index is 12.7. The normalized spacial score (nSPS) is 15.3. The van der Waals surface area contributed by atoms with Crippen LogP contribution in [0.2, 0.25) is 0 Å². The Hall–Kier alpha value is -2.73. The second-order valence-electron chi connectivity index (χ2n) is 6.82. The zero-order chi connectivity index (χ0) is 19.7. The number of anilines is 1. The minimum Gasteiger partial charge on any atom is -0.493 e. The Balaban J connectivity index is 2.43. The van der Waals surface area contributed by atoms with Crippen LogP contribution in [-0.4, -0.2) is 35.4 Å². The highest BCUT2D eigenvalue weighted by molar-refractivity contribution is 5.82. The van der Waals surface area contributed by atoms with Gasteiger partial charge in [-0.3, -0.25) is 4.79 Å². The maximum Gasteiger partial charge on any atom is 0.203 e. The second-order valence-corrected chi connectivity index (χ2v) is 6.82. The predicted octanol–water partition coefficient (Wildman–Crippen LogP) is 2.75. The summed E-state index contributed by atoms with van der Waals surface area (Å²) in [7, 11) is 8.50. The van der Waals surface area contributed by atoms with Crippen molar-refractivity contribution in [1.82, 2.24) is 0 Å². The van der Waals surface area contributed by atoms with Gasteiger partial charge >= 0.3 is 0 Å². The third kappa shape index (κ3) is 3.21.